The highest BCUT2D eigenvalue weighted by Crippen LogP contribution is 2.37. The van der Waals surface area contributed by atoms with E-state index in [1.54, 1.807) is 0 Å². The molecule has 1 saturated heterocycles. The van der Waals surface area contributed by atoms with Crippen LogP contribution >= 0.6 is 0 Å². The van der Waals surface area contributed by atoms with E-state index >= 15 is 0 Å². The molecular formula is C14H27NO2. The van der Waals surface area contributed by atoms with Crippen LogP contribution in [0.4, 0.5) is 0 Å². The van der Waals surface area contributed by atoms with Crippen LogP contribution in [0, 0.1) is 5.41 Å². The molecule has 0 aromatic carbocycles. The van der Waals surface area contributed by atoms with Crippen LogP contribution in [-0.4, -0.2) is 49.0 Å². The van der Waals surface area contributed by atoms with Crippen LogP contribution in [0.5, 0.6) is 0 Å². The minimum Gasteiger partial charge on any atom is -0.396 e. The first-order valence-electron chi connectivity index (χ1n) is 7.22. The van der Waals surface area contributed by atoms with Crippen LogP contribution in [0.15, 0.2) is 0 Å². The van der Waals surface area contributed by atoms with Crippen molar-refractivity contribution in [1.29, 1.82) is 0 Å². The largest absolute Gasteiger partial charge is 0.396 e. The Hall–Kier alpha value is -0.120. The van der Waals surface area contributed by atoms with Gasteiger partial charge in [0, 0.05) is 31.2 Å². The summed E-state index contributed by atoms with van der Waals surface area (Å²) < 4.78 is 5.55. The lowest BCUT2D eigenvalue weighted by Gasteiger charge is -2.44. The molecule has 0 aromatic rings. The summed E-state index contributed by atoms with van der Waals surface area (Å²) in [5, 5.41) is 9.77. The smallest absolute Gasteiger partial charge is 0.0622 e. The SMILES string of the molecule is CCC1COCCN1CC1(CO)CCCCC1. The van der Waals surface area contributed by atoms with Gasteiger partial charge in [-0.3, -0.25) is 4.90 Å². The summed E-state index contributed by atoms with van der Waals surface area (Å²) in [5.74, 6) is 0. The van der Waals surface area contributed by atoms with Crippen molar-refractivity contribution >= 4 is 0 Å². The minimum atomic E-state index is 0.184. The average Bonchev–Trinajstić information content (AvgIpc) is 2.40. The van der Waals surface area contributed by atoms with E-state index in [0.717, 1.165) is 32.7 Å². The molecule has 0 radical (unpaired) electrons. The molecule has 0 spiro atoms. The summed E-state index contributed by atoms with van der Waals surface area (Å²) in [6.07, 6.45) is 7.50. The van der Waals surface area contributed by atoms with E-state index in [4.69, 9.17) is 4.74 Å². The zero-order valence-corrected chi connectivity index (χ0v) is 11.2. The molecule has 1 unspecified atom stereocenters. The number of nitrogens with zero attached hydrogens (tertiary/aromatic N) is 1. The maximum atomic E-state index is 9.77. The van der Waals surface area contributed by atoms with E-state index in [0.29, 0.717) is 12.6 Å². The number of morpholine rings is 1. The zero-order chi connectivity index (χ0) is 12.1. The summed E-state index contributed by atoms with van der Waals surface area (Å²) in [7, 11) is 0. The first kappa shape index (κ1) is 13.3. The fourth-order valence-electron chi connectivity index (χ4n) is 3.37. The van der Waals surface area contributed by atoms with Gasteiger partial charge in [-0.05, 0) is 19.3 Å². The Morgan fingerprint density at radius 2 is 2.06 bits per heavy atom. The highest BCUT2D eigenvalue weighted by molar-refractivity contribution is 4.88. The maximum Gasteiger partial charge on any atom is 0.0622 e. The van der Waals surface area contributed by atoms with E-state index in [1.807, 2.05) is 0 Å². The van der Waals surface area contributed by atoms with Gasteiger partial charge in [-0.1, -0.05) is 26.2 Å². The molecular weight excluding hydrogens is 214 g/mol. The Morgan fingerprint density at radius 1 is 1.29 bits per heavy atom. The molecule has 1 aliphatic carbocycles. The normalized spacial score (nSPS) is 30.4. The topological polar surface area (TPSA) is 32.7 Å². The van der Waals surface area contributed by atoms with Gasteiger partial charge in [-0.15, -0.1) is 0 Å². The van der Waals surface area contributed by atoms with Crippen molar-refractivity contribution < 1.29 is 9.84 Å². The van der Waals surface area contributed by atoms with E-state index in [-0.39, 0.29) is 5.41 Å². The maximum absolute atomic E-state index is 9.77. The Morgan fingerprint density at radius 3 is 2.71 bits per heavy atom. The van der Waals surface area contributed by atoms with Gasteiger partial charge in [0.1, 0.15) is 0 Å². The lowest BCUT2D eigenvalue weighted by molar-refractivity contribution is -0.0461. The number of ether oxygens (including phenoxy) is 1. The Bertz CT molecular complexity index is 226. The Labute approximate surface area is 105 Å². The van der Waals surface area contributed by atoms with Crippen LogP contribution in [0.1, 0.15) is 45.4 Å². The molecule has 1 saturated carbocycles. The van der Waals surface area contributed by atoms with Gasteiger partial charge in [0.15, 0.2) is 0 Å². The number of aliphatic hydroxyl groups excluding tert-OH is 1. The highest BCUT2D eigenvalue weighted by atomic mass is 16.5. The lowest BCUT2D eigenvalue weighted by Crippen LogP contribution is -2.51. The van der Waals surface area contributed by atoms with Crippen molar-refractivity contribution in [2.45, 2.75) is 51.5 Å². The fourth-order valence-corrected chi connectivity index (χ4v) is 3.37. The summed E-state index contributed by atoms with van der Waals surface area (Å²) in [4.78, 5) is 2.56. The lowest BCUT2D eigenvalue weighted by atomic mass is 9.74. The molecule has 0 aromatic heterocycles. The predicted molar refractivity (Wildman–Crippen MR) is 69.1 cm³/mol. The third-order valence-corrected chi connectivity index (χ3v) is 4.61. The van der Waals surface area contributed by atoms with Crippen molar-refractivity contribution in [3.63, 3.8) is 0 Å². The van der Waals surface area contributed by atoms with Gasteiger partial charge in [0.25, 0.3) is 0 Å². The van der Waals surface area contributed by atoms with E-state index < -0.39 is 0 Å². The summed E-state index contributed by atoms with van der Waals surface area (Å²) >= 11 is 0. The van der Waals surface area contributed by atoms with Gasteiger partial charge in [0.2, 0.25) is 0 Å². The second-order valence-corrected chi connectivity index (χ2v) is 5.83. The number of hydrogen-bond donors (Lipinski definition) is 1. The second-order valence-electron chi connectivity index (χ2n) is 5.83. The molecule has 1 heterocycles. The molecule has 2 fully saturated rings. The molecule has 1 atom stereocenters. The fraction of sp³-hybridized carbons (Fsp3) is 1.00. The molecule has 2 rings (SSSR count). The van der Waals surface area contributed by atoms with Gasteiger partial charge in [-0.2, -0.15) is 0 Å². The van der Waals surface area contributed by atoms with Crippen LogP contribution in [0.2, 0.25) is 0 Å². The number of hydrogen-bond acceptors (Lipinski definition) is 3. The van der Waals surface area contributed by atoms with Gasteiger partial charge >= 0.3 is 0 Å². The molecule has 2 aliphatic rings. The first-order valence-corrected chi connectivity index (χ1v) is 7.22. The van der Waals surface area contributed by atoms with Crippen LogP contribution in [0.3, 0.4) is 0 Å². The highest BCUT2D eigenvalue weighted by Gasteiger charge is 2.35. The monoisotopic (exact) mass is 241 g/mol. The van der Waals surface area contributed by atoms with Crippen molar-refractivity contribution in [1.82, 2.24) is 4.90 Å². The van der Waals surface area contributed by atoms with E-state index in [1.165, 1.54) is 32.1 Å². The molecule has 1 aliphatic heterocycles. The third-order valence-electron chi connectivity index (χ3n) is 4.61. The molecule has 17 heavy (non-hydrogen) atoms. The molecule has 3 nitrogen and oxygen atoms in total. The number of aliphatic hydroxyl groups is 1. The van der Waals surface area contributed by atoms with Gasteiger partial charge < -0.3 is 9.84 Å². The van der Waals surface area contributed by atoms with Gasteiger partial charge in [-0.25, -0.2) is 0 Å². The molecule has 0 amide bonds. The zero-order valence-electron chi connectivity index (χ0n) is 11.2. The van der Waals surface area contributed by atoms with Crippen molar-refractivity contribution in [3.05, 3.63) is 0 Å². The van der Waals surface area contributed by atoms with E-state index in [9.17, 15) is 5.11 Å². The number of rotatable bonds is 4. The van der Waals surface area contributed by atoms with Crippen molar-refractivity contribution in [2.24, 2.45) is 5.41 Å². The standard InChI is InChI=1S/C14H27NO2/c1-2-13-10-17-9-8-15(13)11-14(12-16)6-4-3-5-7-14/h13,16H,2-12H2,1H3. The van der Waals surface area contributed by atoms with Crippen molar-refractivity contribution in [2.75, 3.05) is 32.9 Å². The second kappa shape index (κ2) is 6.17. The van der Waals surface area contributed by atoms with E-state index in [2.05, 4.69) is 11.8 Å². The Balaban J connectivity index is 1.96. The summed E-state index contributed by atoms with van der Waals surface area (Å²) in [5.41, 5.74) is 0.184. The summed E-state index contributed by atoms with van der Waals surface area (Å²) in [6, 6.07) is 0.564. The quantitative estimate of drug-likeness (QED) is 0.817. The van der Waals surface area contributed by atoms with Crippen molar-refractivity contribution in [3.8, 4) is 0 Å². The molecule has 3 heteroatoms. The third kappa shape index (κ3) is 3.21. The van der Waals surface area contributed by atoms with Crippen LogP contribution in [0.25, 0.3) is 0 Å². The molecule has 100 valence electrons. The predicted octanol–water partition coefficient (Wildman–Crippen LogP) is 2.04. The minimum absolute atomic E-state index is 0.184. The average molecular weight is 241 g/mol. The van der Waals surface area contributed by atoms with Crippen LogP contribution in [-0.2, 0) is 4.74 Å². The van der Waals surface area contributed by atoms with Crippen LogP contribution < -0.4 is 0 Å². The Kier molecular flexibility index (Phi) is 4.83. The van der Waals surface area contributed by atoms with Gasteiger partial charge in [0.05, 0.1) is 13.2 Å². The molecule has 0 bridgehead atoms. The molecule has 1 N–H and O–H groups in total. The first-order chi connectivity index (χ1) is 8.29. The summed E-state index contributed by atoms with van der Waals surface area (Å²) in [6.45, 7) is 6.45.